The molecular weight excluding hydrogens is 192 g/mol. The van der Waals surface area contributed by atoms with Gasteiger partial charge in [-0.15, -0.1) is 10.2 Å². The van der Waals surface area contributed by atoms with Crippen LogP contribution in [0.25, 0.3) is 0 Å². The predicted molar refractivity (Wildman–Crippen MR) is 49.3 cm³/mol. The van der Waals surface area contributed by atoms with Gasteiger partial charge in [0.25, 0.3) is 0 Å². The van der Waals surface area contributed by atoms with Crippen molar-refractivity contribution in [2.75, 3.05) is 25.7 Å². The van der Waals surface area contributed by atoms with Crippen molar-refractivity contribution in [1.82, 2.24) is 10.2 Å². The van der Waals surface area contributed by atoms with Gasteiger partial charge in [0.15, 0.2) is 0 Å². The summed E-state index contributed by atoms with van der Waals surface area (Å²) in [7, 11) is 1.63. The molecule has 0 aliphatic heterocycles. The standard InChI is InChI=1S/C6H12N4O2S/c1-11-2-3-12-4-5-9-10-6(8-7)13-5/h2-4,7H2,1H3,(H,8,10). The monoisotopic (exact) mass is 204 g/mol. The molecule has 1 rings (SSSR count). The zero-order valence-electron chi connectivity index (χ0n) is 7.32. The highest BCUT2D eigenvalue weighted by atomic mass is 32.1. The van der Waals surface area contributed by atoms with E-state index in [4.69, 9.17) is 15.3 Å². The van der Waals surface area contributed by atoms with Crippen molar-refractivity contribution < 1.29 is 9.47 Å². The molecule has 1 aromatic heterocycles. The van der Waals surface area contributed by atoms with Gasteiger partial charge in [0.1, 0.15) is 11.6 Å². The summed E-state index contributed by atoms with van der Waals surface area (Å²) in [6, 6.07) is 0. The number of nitrogens with zero attached hydrogens (tertiary/aromatic N) is 2. The molecule has 0 saturated carbocycles. The second-order valence-electron chi connectivity index (χ2n) is 2.19. The van der Waals surface area contributed by atoms with E-state index in [1.165, 1.54) is 11.3 Å². The summed E-state index contributed by atoms with van der Waals surface area (Å²) in [5.41, 5.74) is 2.41. The molecule has 1 heterocycles. The summed E-state index contributed by atoms with van der Waals surface area (Å²) in [6.07, 6.45) is 0. The number of hydrogen-bond donors (Lipinski definition) is 2. The summed E-state index contributed by atoms with van der Waals surface area (Å²) in [5.74, 6) is 5.14. The van der Waals surface area contributed by atoms with Gasteiger partial charge in [0.2, 0.25) is 5.13 Å². The van der Waals surface area contributed by atoms with E-state index in [-0.39, 0.29) is 0 Å². The van der Waals surface area contributed by atoms with E-state index in [2.05, 4.69) is 15.6 Å². The first-order chi connectivity index (χ1) is 6.36. The molecule has 6 nitrogen and oxygen atoms in total. The minimum absolute atomic E-state index is 0.447. The van der Waals surface area contributed by atoms with E-state index < -0.39 is 0 Å². The van der Waals surface area contributed by atoms with Crippen LogP contribution in [0.3, 0.4) is 0 Å². The smallest absolute Gasteiger partial charge is 0.219 e. The molecule has 0 atom stereocenters. The number of nitrogen functional groups attached to an aromatic ring is 1. The Balaban J connectivity index is 2.20. The fourth-order valence-electron chi connectivity index (χ4n) is 0.672. The van der Waals surface area contributed by atoms with Crippen LogP contribution < -0.4 is 11.3 Å². The summed E-state index contributed by atoms with van der Waals surface area (Å²) < 4.78 is 10.0. The molecular formula is C6H12N4O2S. The lowest BCUT2D eigenvalue weighted by Gasteiger charge is -1.98. The minimum atomic E-state index is 0.447. The number of methoxy groups -OCH3 is 1. The van der Waals surface area contributed by atoms with Crippen LogP contribution in [0.5, 0.6) is 0 Å². The van der Waals surface area contributed by atoms with Crippen LogP contribution in [0.15, 0.2) is 0 Å². The molecule has 13 heavy (non-hydrogen) atoms. The molecule has 0 radical (unpaired) electrons. The summed E-state index contributed by atoms with van der Waals surface area (Å²) in [6.45, 7) is 1.59. The summed E-state index contributed by atoms with van der Waals surface area (Å²) >= 11 is 1.37. The molecule has 7 heteroatoms. The Bertz CT molecular complexity index is 242. The Hall–Kier alpha value is -0.760. The van der Waals surface area contributed by atoms with Crippen LogP contribution in [0.2, 0.25) is 0 Å². The van der Waals surface area contributed by atoms with Crippen LogP contribution in [-0.4, -0.2) is 30.5 Å². The van der Waals surface area contributed by atoms with Crippen LogP contribution >= 0.6 is 11.3 Å². The maximum atomic E-state index is 5.23. The normalized spacial score (nSPS) is 10.3. The molecule has 1 aromatic rings. The highest BCUT2D eigenvalue weighted by molar-refractivity contribution is 7.15. The molecule has 0 fully saturated rings. The third-order valence-electron chi connectivity index (χ3n) is 1.25. The first-order valence-electron chi connectivity index (χ1n) is 3.72. The number of nitrogens with one attached hydrogen (secondary N) is 1. The maximum Gasteiger partial charge on any atom is 0.219 e. The Morgan fingerprint density at radius 2 is 2.31 bits per heavy atom. The van der Waals surface area contributed by atoms with Crippen molar-refractivity contribution >= 4 is 16.5 Å². The highest BCUT2D eigenvalue weighted by Crippen LogP contribution is 2.13. The first-order valence-corrected chi connectivity index (χ1v) is 4.54. The molecule has 3 N–H and O–H groups in total. The molecule has 0 saturated heterocycles. The van der Waals surface area contributed by atoms with Crippen molar-refractivity contribution in [2.24, 2.45) is 5.84 Å². The lowest BCUT2D eigenvalue weighted by molar-refractivity contribution is 0.0613. The van der Waals surface area contributed by atoms with Crippen molar-refractivity contribution in [3.8, 4) is 0 Å². The molecule has 0 amide bonds. The number of nitrogens with two attached hydrogens (primary N) is 1. The van der Waals surface area contributed by atoms with Crippen LogP contribution in [0, 0.1) is 0 Å². The highest BCUT2D eigenvalue weighted by Gasteiger charge is 2.01. The quantitative estimate of drug-likeness (QED) is 0.385. The largest absolute Gasteiger partial charge is 0.382 e. The second-order valence-corrected chi connectivity index (χ2v) is 3.25. The fraction of sp³-hybridized carbons (Fsp3) is 0.667. The van der Waals surface area contributed by atoms with Gasteiger partial charge in [0, 0.05) is 7.11 Å². The third-order valence-corrected chi connectivity index (χ3v) is 2.08. The zero-order valence-corrected chi connectivity index (χ0v) is 8.13. The van der Waals surface area contributed by atoms with Crippen molar-refractivity contribution in [2.45, 2.75) is 6.61 Å². The molecule has 0 aromatic carbocycles. The van der Waals surface area contributed by atoms with E-state index in [1.807, 2.05) is 0 Å². The molecule has 0 bridgehead atoms. The minimum Gasteiger partial charge on any atom is -0.382 e. The number of hydrazine groups is 1. The molecule has 0 aliphatic rings. The molecule has 0 unspecified atom stereocenters. The average molecular weight is 204 g/mol. The SMILES string of the molecule is COCCOCc1nnc(NN)s1. The topological polar surface area (TPSA) is 82.3 Å². The van der Waals surface area contributed by atoms with Crippen LogP contribution in [0.4, 0.5) is 5.13 Å². The zero-order chi connectivity index (χ0) is 9.52. The Morgan fingerprint density at radius 1 is 1.46 bits per heavy atom. The Labute approximate surface area is 80.0 Å². The average Bonchev–Trinajstić information content (AvgIpc) is 2.60. The predicted octanol–water partition coefficient (Wildman–Crippen LogP) is -0.0133. The van der Waals surface area contributed by atoms with Crippen LogP contribution in [-0.2, 0) is 16.1 Å². The van der Waals surface area contributed by atoms with E-state index in [1.54, 1.807) is 7.11 Å². The van der Waals surface area contributed by atoms with E-state index in [9.17, 15) is 0 Å². The number of anilines is 1. The third kappa shape index (κ3) is 3.64. The van der Waals surface area contributed by atoms with E-state index in [0.717, 1.165) is 5.01 Å². The number of aromatic nitrogens is 2. The van der Waals surface area contributed by atoms with Gasteiger partial charge in [-0.25, -0.2) is 5.84 Å². The number of ether oxygens (including phenoxy) is 2. The van der Waals surface area contributed by atoms with E-state index in [0.29, 0.717) is 25.0 Å². The number of rotatable bonds is 6. The molecule has 0 spiro atoms. The van der Waals surface area contributed by atoms with Gasteiger partial charge in [-0.1, -0.05) is 11.3 Å². The van der Waals surface area contributed by atoms with Gasteiger partial charge >= 0.3 is 0 Å². The van der Waals surface area contributed by atoms with Gasteiger partial charge in [-0.2, -0.15) is 0 Å². The van der Waals surface area contributed by atoms with Crippen molar-refractivity contribution in [3.63, 3.8) is 0 Å². The fourth-order valence-corrected chi connectivity index (χ4v) is 1.26. The van der Waals surface area contributed by atoms with Gasteiger partial charge in [-0.05, 0) is 0 Å². The summed E-state index contributed by atoms with van der Waals surface area (Å²) in [5, 5.41) is 8.98. The Morgan fingerprint density at radius 3 is 2.92 bits per heavy atom. The van der Waals surface area contributed by atoms with Crippen molar-refractivity contribution in [1.29, 1.82) is 0 Å². The maximum absolute atomic E-state index is 5.23. The van der Waals surface area contributed by atoms with Crippen molar-refractivity contribution in [3.05, 3.63) is 5.01 Å². The number of hydrogen-bond acceptors (Lipinski definition) is 7. The van der Waals surface area contributed by atoms with Gasteiger partial charge < -0.3 is 9.47 Å². The molecule has 74 valence electrons. The van der Waals surface area contributed by atoms with E-state index >= 15 is 0 Å². The van der Waals surface area contributed by atoms with Crippen LogP contribution in [0.1, 0.15) is 5.01 Å². The lowest BCUT2D eigenvalue weighted by atomic mass is 10.7. The Kier molecular flexibility index (Phi) is 4.61. The summed E-state index contributed by atoms with van der Waals surface area (Å²) in [4.78, 5) is 0. The lowest BCUT2D eigenvalue weighted by Crippen LogP contribution is -2.05. The van der Waals surface area contributed by atoms with Gasteiger partial charge in [0.05, 0.1) is 13.2 Å². The molecule has 0 aliphatic carbocycles. The second kappa shape index (κ2) is 5.81. The van der Waals surface area contributed by atoms with Gasteiger partial charge in [-0.3, -0.25) is 5.43 Å². The first kappa shape index (κ1) is 10.3.